The number of carbonyl (C=O) groups is 3. The van der Waals surface area contributed by atoms with Crippen LogP contribution in [0.25, 0.3) is 0 Å². The number of nitrogens with zero attached hydrogens (tertiary/aromatic N) is 3. The second-order valence-electron chi connectivity index (χ2n) is 6.66. The number of halogens is 2. The van der Waals surface area contributed by atoms with Gasteiger partial charge in [-0.05, 0) is 36.8 Å². The summed E-state index contributed by atoms with van der Waals surface area (Å²) in [6.07, 6.45) is 0. The molecule has 0 spiro atoms. The van der Waals surface area contributed by atoms with Crippen LogP contribution in [0.1, 0.15) is 12.5 Å². The van der Waals surface area contributed by atoms with E-state index in [1.807, 2.05) is 0 Å². The summed E-state index contributed by atoms with van der Waals surface area (Å²) in [5.74, 6) is -2.32. The molecule has 2 aliphatic heterocycles. The van der Waals surface area contributed by atoms with Gasteiger partial charge in [-0.2, -0.15) is 5.10 Å². The molecule has 28 heavy (non-hydrogen) atoms. The van der Waals surface area contributed by atoms with Crippen molar-refractivity contribution >= 4 is 57.9 Å². The number of hydrogen-bond donors (Lipinski definition) is 0. The first-order valence-corrected chi connectivity index (χ1v) is 9.34. The number of hydrogen-bond acceptors (Lipinski definition) is 5. The van der Waals surface area contributed by atoms with Gasteiger partial charge in [-0.3, -0.25) is 14.4 Å². The number of Topliss-reactive ketones (excluding diaryl/α,β-unsaturated/α-hetero) is 1. The van der Waals surface area contributed by atoms with Gasteiger partial charge in [0.15, 0.2) is 5.78 Å². The van der Waals surface area contributed by atoms with Gasteiger partial charge in [0, 0.05) is 11.9 Å². The fourth-order valence-electron chi connectivity index (χ4n) is 3.62. The van der Waals surface area contributed by atoms with Gasteiger partial charge in [0.2, 0.25) is 5.91 Å². The zero-order chi connectivity index (χ0) is 20.2. The summed E-state index contributed by atoms with van der Waals surface area (Å²) >= 11 is 12.5. The van der Waals surface area contributed by atoms with Crippen LogP contribution in [-0.4, -0.2) is 29.4 Å². The smallest absolute Gasteiger partial charge is 0.259 e. The van der Waals surface area contributed by atoms with Gasteiger partial charge in [-0.15, -0.1) is 0 Å². The summed E-state index contributed by atoms with van der Waals surface area (Å²) in [6, 6.07) is 10.9. The average Bonchev–Trinajstić information content (AvgIpc) is 3.16. The molecule has 2 amide bonds. The Kier molecular flexibility index (Phi) is 4.48. The summed E-state index contributed by atoms with van der Waals surface area (Å²) in [6.45, 7) is 3.06. The molecule has 2 aromatic rings. The number of para-hydroxylation sites is 1. The van der Waals surface area contributed by atoms with Gasteiger partial charge >= 0.3 is 0 Å². The van der Waals surface area contributed by atoms with Crippen molar-refractivity contribution in [2.45, 2.75) is 19.9 Å². The molecule has 0 aromatic heterocycles. The molecule has 2 atom stereocenters. The van der Waals surface area contributed by atoms with Crippen molar-refractivity contribution in [2.24, 2.45) is 11.0 Å². The molecule has 0 unspecified atom stereocenters. The summed E-state index contributed by atoms with van der Waals surface area (Å²) in [4.78, 5) is 39.8. The number of carbonyl (C=O) groups excluding carboxylic acids is 3. The minimum atomic E-state index is -0.986. The lowest BCUT2D eigenvalue weighted by molar-refractivity contribution is -0.122. The molecule has 2 heterocycles. The second-order valence-corrected chi connectivity index (χ2v) is 7.47. The van der Waals surface area contributed by atoms with Crippen molar-refractivity contribution in [3.8, 4) is 0 Å². The van der Waals surface area contributed by atoms with E-state index in [1.165, 1.54) is 11.9 Å². The minimum Gasteiger partial charge on any atom is -0.293 e. The largest absolute Gasteiger partial charge is 0.293 e. The van der Waals surface area contributed by atoms with Crippen LogP contribution in [0.15, 0.2) is 47.6 Å². The number of hydrazone groups is 1. The zero-order valence-electron chi connectivity index (χ0n) is 15.0. The third-order valence-electron chi connectivity index (χ3n) is 4.99. The molecule has 0 radical (unpaired) electrons. The van der Waals surface area contributed by atoms with E-state index in [0.717, 1.165) is 4.90 Å². The van der Waals surface area contributed by atoms with Crippen molar-refractivity contribution in [3.63, 3.8) is 0 Å². The van der Waals surface area contributed by atoms with E-state index in [4.69, 9.17) is 23.2 Å². The summed E-state index contributed by atoms with van der Waals surface area (Å²) < 4.78 is 0. The lowest BCUT2D eigenvalue weighted by atomic mass is 9.95. The Bertz CT molecular complexity index is 1070. The second kappa shape index (κ2) is 6.72. The fourth-order valence-corrected chi connectivity index (χ4v) is 4.01. The topological polar surface area (TPSA) is 70.1 Å². The molecule has 0 aliphatic carbocycles. The van der Waals surface area contributed by atoms with Crippen LogP contribution in [0.5, 0.6) is 0 Å². The first-order valence-electron chi connectivity index (χ1n) is 8.59. The van der Waals surface area contributed by atoms with Crippen LogP contribution in [0.2, 0.25) is 10.0 Å². The molecule has 2 aliphatic rings. The SMILES string of the molecule is CC(=O)C1=NN(c2ccccc2Cl)[C@H]2C(=O)N(c3cccc(Cl)c3C)C(=O)[C@@H]12. The van der Waals surface area contributed by atoms with E-state index in [1.54, 1.807) is 49.4 Å². The van der Waals surface area contributed by atoms with E-state index in [-0.39, 0.29) is 11.5 Å². The van der Waals surface area contributed by atoms with E-state index in [2.05, 4.69) is 5.10 Å². The highest BCUT2D eigenvalue weighted by molar-refractivity contribution is 6.49. The standard InChI is InChI=1S/C20H15Cl2N3O3/c1-10-12(21)7-5-9-14(10)24-19(27)16-17(11(2)26)23-25(18(16)20(24)28)15-8-4-3-6-13(15)22/h3-9,16,18H,1-2H3/t16-,18+/m0/s1. The summed E-state index contributed by atoms with van der Waals surface area (Å²) in [5.41, 5.74) is 1.52. The third kappa shape index (κ3) is 2.64. The predicted molar refractivity (Wildman–Crippen MR) is 108 cm³/mol. The quantitative estimate of drug-likeness (QED) is 0.717. The predicted octanol–water partition coefficient (Wildman–Crippen LogP) is 3.63. The number of amides is 2. The number of benzene rings is 2. The lowest BCUT2D eigenvalue weighted by Gasteiger charge is -2.23. The molecule has 1 fully saturated rings. The van der Waals surface area contributed by atoms with Gasteiger partial charge in [-0.1, -0.05) is 41.4 Å². The normalized spacial score (nSPS) is 21.2. The summed E-state index contributed by atoms with van der Waals surface area (Å²) in [5, 5.41) is 6.48. The number of rotatable bonds is 3. The Morgan fingerprint density at radius 1 is 0.964 bits per heavy atom. The maximum absolute atomic E-state index is 13.3. The Hall–Kier alpha value is -2.70. The van der Waals surface area contributed by atoms with Crippen molar-refractivity contribution in [2.75, 3.05) is 9.91 Å². The van der Waals surface area contributed by atoms with E-state index in [9.17, 15) is 14.4 Å². The highest BCUT2D eigenvalue weighted by atomic mass is 35.5. The van der Waals surface area contributed by atoms with Crippen molar-refractivity contribution in [3.05, 3.63) is 58.1 Å². The van der Waals surface area contributed by atoms with Crippen molar-refractivity contribution in [1.29, 1.82) is 0 Å². The van der Waals surface area contributed by atoms with Crippen LogP contribution in [0.4, 0.5) is 11.4 Å². The molecule has 0 N–H and O–H groups in total. The van der Waals surface area contributed by atoms with Crippen LogP contribution in [-0.2, 0) is 14.4 Å². The van der Waals surface area contributed by atoms with Gasteiger partial charge < -0.3 is 0 Å². The molecule has 0 saturated carbocycles. The highest BCUT2D eigenvalue weighted by Gasteiger charge is 2.58. The molecule has 1 saturated heterocycles. The maximum Gasteiger partial charge on any atom is 0.259 e. The third-order valence-corrected chi connectivity index (χ3v) is 5.72. The first-order chi connectivity index (χ1) is 13.3. The average molecular weight is 416 g/mol. The van der Waals surface area contributed by atoms with Crippen molar-refractivity contribution in [1.82, 2.24) is 0 Å². The molecule has 0 bridgehead atoms. The van der Waals surface area contributed by atoms with Crippen LogP contribution < -0.4 is 9.91 Å². The maximum atomic E-state index is 13.3. The Balaban J connectivity index is 1.86. The number of imide groups is 1. The Labute approximate surface area is 171 Å². The van der Waals surface area contributed by atoms with E-state index in [0.29, 0.717) is 27.0 Å². The minimum absolute atomic E-state index is 0.0467. The molecular formula is C20H15Cl2N3O3. The molecule has 142 valence electrons. The van der Waals surface area contributed by atoms with Crippen molar-refractivity contribution < 1.29 is 14.4 Å². The van der Waals surface area contributed by atoms with E-state index < -0.39 is 23.8 Å². The molecule has 4 rings (SSSR count). The van der Waals surface area contributed by atoms with Crippen LogP contribution >= 0.6 is 23.2 Å². The van der Waals surface area contributed by atoms with Gasteiger partial charge in [0.25, 0.3) is 5.91 Å². The molecule has 6 nitrogen and oxygen atoms in total. The van der Waals surface area contributed by atoms with Gasteiger partial charge in [0.1, 0.15) is 17.7 Å². The highest BCUT2D eigenvalue weighted by Crippen LogP contribution is 2.41. The summed E-state index contributed by atoms with van der Waals surface area (Å²) in [7, 11) is 0. The number of fused-ring (bicyclic) bond motifs is 1. The van der Waals surface area contributed by atoms with Crippen LogP contribution in [0.3, 0.4) is 0 Å². The zero-order valence-corrected chi connectivity index (χ0v) is 16.5. The fraction of sp³-hybridized carbons (Fsp3) is 0.200. The Morgan fingerprint density at radius 3 is 2.29 bits per heavy atom. The number of anilines is 2. The van der Waals surface area contributed by atoms with Crippen LogP contribution in [0, 0.1) is 12.8 Å². The molecular weight excluding hydrogens is 401 g/mol. The number of ketones is 1. The molecule has 8 heteroatoms. The van der Waals surface area contributed by atoms with Gasteiger partial charge in [0.05, 0.1) is 16.4 Å². The lowest BCUT2D eigenvalue weighted by Crippen LogP contribution is -2.39. The Morgan fingerprint density at radius 2 is 1.61 bits per heavy atom. The monoisotopic (exact) mass is 415 g/mol. The van der Waals surface area contributed by atoms with E-state index >= 15 is 0 Å². The molecule has 2 aromatic carbocycles. The first kappa shape index (κ1) is 18.7. The van der Waals surface area contributed by atoms with Gasteiger partial charge in [-0.25, -0.2) is 9.91 Å².